The number of nitrogens with zero attached hydrogens (tertiary/aromatic N) is 4. The molecule has 0 N–H and O–H groups in total. The van der Waals surface area contributed by atoms with Crippen molar-refractivity contribution in [2.24, 2.45) is 7.05 Å². The van der Waals surface area contributed by atoms with Gasteiger partial charge in [-0.05, 0) is 55.2 Å². The number of aryl methyl sites for hydroxylation is 1. The second-order valence-electron chi connectivity index (χ2n) is 6.98. The van der Waals surface area contributed by atoms with Crippen LogP contribution in [0.3, 0.4) is 0 Å². The van der Waals surface area contributed by atoms with Crippen LogP contribution in [-0.2, 0) is 7.05 Å². The van der Waals surface area contributed by atoms with Crippen LogP contribution in [0, 0.1) is 0 Å². The molecule has 3 aromatic rings. The fourth-order valence-electron chi connectivity index (χ4n) is 3.76. The molecule has 1 aromatic carbocycles. The van der Waals surface area contributed by atoms with Crippen molar-refractivity contribution in [3.63, 3.8) is 0 Å². The molecule has 1 amide bonds. The zero-order valence-electron chi connectivity index (χ0n) is 15.5. The number of hydrogen-bond acceptors (Lipinski definition) is 3. The first-order valence-corrected chi connectivity index (χ1v) is 10.00. The lowest BCUT2D eigenvalue weighted by atomic mass is 9.94. The molecule has 0 radical (unpaired) electrons. The summed E-state index contributed by atoms with van der Waals surface area (Å²) < 4.78 is 1.81. The van der Waals surface area contributed by atoms with Gasteiger partial charge >= 0.3 is 0 Å². The van der Waals surface area contributed by atoms with Gasteiger partial charge in [-0.1, -0.05) is 23.2 Å². The molecule has 1 aliphatic rings. The van der Waals surface area contributed by atoms with E-state index in [4.69, 9.17) is 28.3 Å². The van der Waals surface area contributed by atoms with Crippen molar-refractivity contribution in [3.05, 3.63) is 70.2 Å². The van der Waals surface area contributed by atoms with E-state index in [1.165, 1.54) is 0 Å². The van der Waals surface area contributed by atoms with E-state index in [2.05, 4.69) is 4.98 Å². The molecule has 28 heavy (non-hydrogen) atoms. The molecule has 144 valence electrons. The van der Waals surface area contributed by atoms with Crippen molar-refractivity contribution >= 4 is 29.1 Å². The summed E-state index contributed by atoms with van der Waals surface area (Å²) in [6.45, 7) is 0.691. The number of aromatic nitrogens is 3. The predicted octanol–water partition coefficient (Wildman–Crippen LogP) is 5.16. The second-order valence-corrected chi connectivity index (χ2v) is 7.79. The number of likely N-dealkylation sites (tertiary alicyclic amines) is 1. The molecule has 1 saturated heterocycles. The Bertz CT molecular complexity index is 1000. The Labute approximate surface area is 173 Å². The molecule has 0 aliphatic carbocycles. The van der Waals surface area contributed by atoms with Crippen LogP contribution in [0.2, 0.25) is 10.0 Å². The Balaban J connectivity index is 1.72. The van der Waals surface area contributed by atoms with E-state index in [1.807, 2.05) is 35.0 Å². The van der Waals surface area contributed by atoms with E-state index in [1.54, 1.807) is 30.6 Å². The Hall–Kier alpha value is -2.37. The third-order valence-electron chi connectivity index (χ3n) is 5.09. The molecule has 1 aliphatic heterocycles. The largest absolute Gasteiger partial charge is 0.330 e. The lowest BCUT2D eigenvalue weighted by Gasteiger charge is -2.35. The molecule has 0 bridgehead atoms. The highest BCUT2D eigenvalue weighted by Crippen LogP contribution is 2.37. The number of carbonyl (C=O) groups is 1. The van der Waals surface area contributed by atoms with Gasteiger partial charge in [0.15, 0.2) is 0 Å². The number of rotatable bonds is 3. The molecule has 0 spiro atoms. The van der Waals surface area contributed by atoms with Crippen LogP contribution in [-0.4, -0.2) is 32.1 Å². The van der Waals surface area contributed by atoms with Gasteiger partial charge in [0.1, 0.15) is 0 Å². The van der Waals surface area contributed by atoms with Gasteiger partial charge < -0.3 is 4.90 Å². The smallest absolute Gasteiger partial charge is 0.254 e. The molecule has 0 unspecified atom stereocenters. The van der Waals surface area contributed by atoms with Gasteiger partial charge in [0.2, 0.25) is 0 Å². The van der Waals surface area contributed by atoms with Crippen molar-refractivity contribution < 1.29 is 4.79 Å². The first kappa shape index (κ1) is 19.0. The summed E-state index contributed by atoms with van der Waals surface area (Å²) in [7, 11) is 1.90. The SMILES string of the molecule is Cn1cc(-c2ccncc2)c([C@H]2CCCCN2C(=O)c2ccc(Cl)c(Cl)c2)n1. The highest BCUT2D eigenvalue weighted by molar-refractivity contribution is 6.42. The van der Waals surface area contributed by atoms with Crippen LogP contribution >= 0.6 is 23.2 Å². The van der Waals surface area contributed by atoms with Gasteiger partial charge in [0.25, 0.3) is 5.91 Å². The standard InChI is InChI=1S/C21H20Cl2N4O/c1-26-13-16(14-7-9-24-10-8-14)20(25-26)19-4-2-3-11-27(19)21(28)15-5-6-17(22)18(23)12-15/h5-10,12-13,19H,2-4,11H2,1H3/t19-/m1/s1. The summed E-state index contributed by atoms with van der Waals surface area (Å²) in [6.07, 6.45) is 8.45. The van der Waals surface area contributed by atoms with Gasteiger partial charge in [0.05, 0.1) is 21.8 Å². The molecule has 7 heteroatoms. The van der Waals surface area contributed by atoms with Crippen LogP contribution in [0.4, 0.5) is 0 Å². The van der Waals surface area contributed by atoms with Crippen molar-refractivity contribution in [2.45, 2.75) is 25.3 Å². The minimum atomic E-state index is -0.0833. The minimum Gasteiger partial charge on any atom is -0.330 e. The number of benzene rings is 1. The van der Waals surface area contributed by atoms with E-state index in [0.717, 1.165) is 36.1 Å². The number of piperidine rings is 1. The quantitative estimate of drug-likeness (QED) is 0.594. The maximum atomic E-state index is 13.3. The average molecular weight is 415 g/mol. The molecule has 2 aromatic heterocycles. The molecule has 5 nitrogen and oxygen atoms in total. The highest BCUT2D eigenvalue weighted by Gasteiger charge is 2.32. The number of carbonyl (C=O) groups excluding carboxylic acids is 1. The zero-order chi connectivity index (χ0) is 19.7. The Kier molecular flexibility index (Phi) is 5.38. The first-order chi connectivity index (χ1) is 13.5. The molecule has 4 rings (SSSR count). The molecule has 3 heterocycles. The van der Waals surface area contributed by atoms with E-state index < -0.39 is 0 Å². The van der Waals surface area contributed by atoms with Crippen molar-refractivity contribution in [1.82, 2.24) is 19.7 Å². The summed E-state index contributed by atoms with van der Waals surface area (Å²) in [4.78, 5) is 19.3. The maximum absolute atomic E-state index is 13.3. The highest BCUT2D eigenvalue weighted by atomic mass is 35.5. The first-order valence-electron chi connectivity index (χ1n) is 9.24. The van der Waals surface area contributed by atoms with Gasteiger partial charge in [0, 0.05) is 43.3 Å². The van der Waals surface area contributed by atoms with Crippen LogP contribution in [0.5, 0.6) is 0 Å². The minimum absolute atomic E-state index is 0.0467. The summed E-state index contributed by atoms with van der Waals surface area (Å²) in [6, 6.07) is 8.88. The lowest BCUT2D eigenvalue weighted by Crippen LogP contribution is -2.39. The predicted molar refractivity (Wildman–Crippen MR) is 111 cm³/mol. The monoisotopic (exact) mass is 414 g/mol. The van der Waals surface area contributed by atoms with Crippen molar-refractivity contribution in [2.75, 3.05) is 6.54 Å². The van der Waals surface area contributed by atoms with Crippen molar-refractivity contribution in [3.8, 4) is 11.1 Å². The van der Waals surface area contributed by atoms with Gasteiger partial charge in [-0.2, -0.15) is 5.10 Å². The zero-order valence-corrected chi connectivity index (χ0v) is 17.0. The molecular formula is C21H20Cl2N4O. The summed E-state index contributed by atoms with van der Waals surface area (Å²) >= 11 is 12.1. The third kappa shape index (κ3) is 3.64. The lowest BCUT2D eigenvalue weighted by molar-refractivity contribution is 0.0606. The third-order valence-corrected chi connectivity index (χ3v) is 5.83. The Morgan fingerprint density at radius 3 is 2.64 bits per heavy atom. The summed E-state index contributed by atoms with van der Waals surface area (Å²) in [5.41, 5.74) is 3.54. The van der Waals surface area contributed by atoms with Crippen LogP contribution in [0.15, 0.2) is 48.9 Å². The Morgan fingerprint density at radius 2 is 1.89 bits per heavy atom. The second kappa shape index (κ2) is 7.94. The topological polar surface area (TPSA) is 51.0 Å². The van der Waals surface area contributed by atoms with E-state index in [-0.39, 0.29) is 11.9 Å². The van der Waals surface area contributed by atoms with Crippen LogP contribution < -0.4 is 0 Å². The molecular weight excluding hydrogens is 395 g/mol. The number of halogens is 2. The molecule has 1 atom stereocenters. The number of hydrogen-bond donors (Lipinski definition) is 0. The average Bonchev–Trinajstić information content (AvgIpc) is 3.12. The van der Waals surface area contributed by atoms with E-state index >= 15 is 0 Å². The Morgan fingerprint density at radius 1 is 1.11 bits per heavy atom. The van der Waals surface area contributed by atoms with Crippen LogP contribution in [0.25, 0.3) is 11.1 Å². The summed E-state index contributed by atoms with van der Waals surface area (Å²) in [5, 5.41) is 5.55. The molecule has 0 saturated carbocycles. The maximum Gasteiger partial charge on any atom is 0.254 e. The van der Waals surface area contributed by atoms with E-state index in [0.29, 0.717) is 22.2 Å². The fourth-order valence-corrected chi connectivity index (χ4v) is 4.06. The van der Waals surface area contributed by atoms with Crippen LogP contribution in [0.1, 0.15) is 41.4 Å². The van der Waals surface area contributed by atoms with Gasteiger partial charge in [-0.25, -0.2) is 0 Å². The van der Waals surface area contributed by atoms with E-state index in [9.17, 15) is 4.79 Å². The molecule has 1 fully saturated rings. The summed E-state index contributed by atoms with van der Waals surface area (Å²) in [5.74, 6) is -0.0467. The van der Waals surface area contributed by atoms with Gasteiger partial charge in [-0.15, -0.1) is 0 Å². The number of pyridine rings is 1. The van der Waals surface area contributed by atoms with Gasteiger partial charge in [-0.3, -0.25) is 14.5 Å². The number of amides is 1. The normalized spacial score (nSPS) is 17.0. The fraction of sp³-hybridized carbons (Fsp3) is 0.286. The van der Waals surface area contributed by atoms with Crippen molar-refractivity contribution in [1.29, 1.82) is 0 Å².